The highest BCUT2D eigenvalue weighted by Gasteiger charge is 2.19. The summed E-state index contributed by atoms with van der Waals surface area (Å²) < 4.78 is 0.876. The number of anilines is 2. The van der Waals surface area contributed by atoms with Crippen LogP contribution in [0.15, 0.2) is 46.9 Å². The number of hydrogen-bond acceptors (Lipinski definition) is 4. The van der Waals surface area contributed by atoms with Crippen molar-refractivity contribution in [1.82, 2.24) is 4.90 Å². The third-order valence-electron chi connectivity index (χ3n) is 4.16. The van der Waals surface area contributed by atoms with Crippen LogP contribution in [0, 0.1) is 0 Å². The molecule has 1 aliphatic rings. The van der Waals surface area contributed by atoms with Crippen molar-refractivity contribution in [3.05, 3.63) is 52.0 Å². The van der Waals surface area contributed by atoms with Crippen LogP contribution in [0.3, 0.4) is 0 Å². The highest BCUT2D eigenvalue weighted by molar-refractivity contribution is 9.10. The first kappa shape index (κ1) is 18.0. The van der Waals surface area contributed by atoms with Crippen LogP contribution in [0.1, 0.15) is 0 Å². The quantitative estimate of drug-likeness (QED) is 0.788. The van der Waals surface area contributed by atoms with Gasteiger partial charge in [0, 0.05) is 36.3 Å². The van der Waals surface area contributed by atoms with Crippen molar-refractivity contribution in [1.29, 1.82) is 0 Å². The van der Waals surface area contributed by atoms with Gasteiger partial charge in [0.05, 0.1) is 17.3 Å². The zero-order valence-electron chi connectivity index (χ0n) is 13.6. The van der Waals surface area contributed by atoms with Gasteiger partial charge in [-0.05, 0) is 42.5 Å². The van der Waals surface area contributed by atoms with Crippen molar-refractivity contribution in [2.45, 2.75) is 0 Å². The molecule has 25 heavy (non-hydrogen) atoms. The fourth-order valence-corrected chi connectivity index (χ4v) is 3.53. The SMILES string of the molecule is O=C(CN1CCN(c2ccc(O)cc2)CC1)Nc1ccc(Br)cc1Cl. The summed E-state index contributed by atoms with van der Waals surface area (Å²) in [6, 6.07) is 12.6. The number of hydrogen-bond donors (Lipinski definition) is 2. The number of rotatable bonds is 4. The smallest absolute Gasteiger partial charge is 0.238 e. The Balaban J connectivity index is 1.50. The number of piperazine rings is 1. The number of nitrogens with one attached hydrogen (secondary N) is 1. The molecule has 1 saturated heterocycles. The topological polar surface area (TPSA) is 55.8 Å². The Morgan fingerprint density at radius 1 is 1.12 bits per heavy atom. The van der Waals surface area contributed by atoms with Gasteiger partial charge in [-0.15, -0.1) is 0 Å². The highest BCUT2D eigenvalue weighted by atomic mass is 79.9. The van der Waals surface area contributed by atoms with Crippen LogP contribution in [0.5, 0.6) is 5.75 Å². The van der Waals surface area contributed by atoms with Gasteiger partial charge in [-0.3, -0.25) is 9.69 Å². The van der Waals surface area contributed by atoms with Crippen molar-refractivity contribution >= 4 is 44.8 Å². The predicted molar refractivity (Wildman–Crippen MR) is 105 cm³/mol. The van der Waals surface area contributed by atoms with Crippen molar-refractivity contribution in [2.75, 3.05) is 42.9 Å². The lowest BCUT2D eigenvalue weighted by Crippen LogP contribution is -2.48. The van der Waals surface area contributed by atoms with Crippen LogP contribution in [0.4, 0.5) is 11.4 Å². The average molecular weight is 425 g/mol. The van der Waals surface area contributed by atoms with Crippen LogP contribution in [0.2, 0.25) is 5.02 Å². The first-order valence-electron chi connectivity index (χ1n) is 8.02. The van der Waals surface area contributed by atoms with Crippen molar-refractivity contribution < 1.29 is 9.90 Å². The van der Waals surface area contributed by atoms with E-state index in [1.807, 2.05) is 18.2 Å². The molecule has 7 heteroatoms. The molecule has 1 heterocycles. The highest BCUT2D eigenvalue weighted by Crippen LogP contribution is 2.25. The van der Waals surface area contributed by atoms with E-state index >= 15 is 0 Å². The Kier molecular flexibility index (Phi) is 5.83. The standard InChI is InChI=1S/C18H19BrClN3O2/c19-13-1-6-17(16(20)11-13)21-18(25)12-22-7-9-23(10-8-22)14-2-4-15(24)5-3-14/h1-6,11,24H,7-10,12H2,(H,21,25). The molecule has 3 rings (SSSR count). The summed E-state index contributed by atoms with van der Waals surface area (Å²) in [5.74, 6) is 0.202. The summed E-state index contributed by atoms with van der Waals surface area (Å²) in [6.07, 6.45) is 0. The molecule has 5 nitrogen and oxygen atoms in total. The van der Waals surface area contributed by atoms with E-state index < -0.39 is 0 Å². The number of phenols is 1. The first-order chi connectivity index (χ1) is 12.0. The molecule has 0 spiro atoms. The van der Waals surface area contributed by atoms with Gasteiger partial charge in [0.25, 0.3) is 0 Å². The van der Waals surface area contributed by atoms with E-state index in [0.717, 1.165) is 36.3 Å². The Morgan fingerprint density at radius 2 is 1.80 bits per heavy atom. The molecule has 0 aromatic heterocycles. The number of nitrogens with zero attached hydrogens (tertiary/aromatic N) is 2. The van der Waals surface area contributed by atoms with E-state index in [2.05, 4.69) is 31.0 Å². The maximum absolute atomic E-state index is 12.2. The van der Waals surface area contributed by atoms with Gasteiger partial charge in [-0.1, -0.05) is 27.5 Å². The monoisotopic (exact) mass is 423 g/mol. The molecule has 1 fully saturated rings. The van der Waals surface area contributed by atoms with Gasteiger partial charge in [0.15, 0.2) is 0 Å². The maximum Gasteiger partial charge on any atom is 0.238 e. The lowest BCUT2D eigenvalue weighted by atomic mass is 10.2. The average Bonchev–Trinajstić information content (AvgIpc) is 2.59. The van der Waals surface area contributed by atoms with Gasteiger partial charge in [0.2, 0.25) is 5.91 Å². The molecule has 2 aromatic carbocycles. The third kappa shape index (κ3) is 4.87. The Bertz CT molecular complexity index is 746. The second kappa shape index (κ2) is 8.08. The predicted octanol–water partition coefficient (Wildman–Crippen LogP) is 3.57. The normalized spacial score (nSPS) is 15.2. The minimum atomic E-state index is -0.0673. The molecular weight excluding hydrogens is 406 g/mol. The molecule has 132 valence electrons. The second-order valence-corrected chi connectivity index (χ2v) is 7.27. The number of phenolic OH excluding ortho intramolecular Hbond substituents is 1. The van der Waals surface area contributed by atoms with Gasteiger partial charge >= 0.3 is 0 Å². The summed E-state index contributed by atoms with van der Waals surface area (Å²) in [7, 11) is 0. The molecule has 2 N–H and O–H groups in total. The largest absolute Gasteiger partial charge is 0.508 e. The van der Waals surface area contributed by atoms with Crippen molar-refractivity contribution in [2.24, 2.45) is 0 Å². The number of benzene rings is 2. The van der Waals surface area contributed by atoms with Gasteiger partial charge < -0.3 is 15.3 Å². The molecule has 1 aliphatic heterocycles. The molecule has 2 aromatic rings. The fourth-order valence-electron chi connectivity index (χ4n) is 2.81. The molecule has 0 radical (unpaired) electrons. The molecular formula is C18H19BrClN3O2. The lowest BCUT2D eigenvalue weighted by molar-refractivity contribution is -0.117. The Morgan fingerprint density at radius 3 is 2.44 bits per heavy atom. The van der Waals surface area contributed by atoms with Crippen LogP contribution in [-0.2, 0) is 4.79 Å². The minimum Gasteiger partial charge on any atom is -0.508 e. The molecule has 0 atom stereocenters. The number of halogens is 2. The second-order valence-electron chi connectivity index (χ2n) is 5.95. The van der Waals surface area contributed by atoms with Gasteiger partial charge in [0.1, 0.15) is 5.75 Å². The lowest BCUT2D eigenvalue weighted by Gasteiger charge is -2.35. The van der Waals surface area contributed by atoms with Gasteiger partial charge in [-0.25, -0.2) is 0 Å². The van der Waals surface area contributed by atoms with Crippen molar-refractivity contribution in [3.8, 4) is 5.75 Å². The van der Waals surface area contributed by atoms with E-state index in [1.54, 1.807) is 24.3 Å². The molecule has 0 unspecified atom stereocenters. The third-order valence-corrected chi connectivity index (χ3v) is 4.97. The molecule has 0 bridgehead atoms. The maximum atomic E-state index is 12.2. The first-order valence-corrected chi connectivity index (χ1v) is 9.19. The summed E-state index contributed by atoms with van der Waals surface area (Å²) in [5.41, 5.74) is 1.71. The van der Waals surface area contributed by atoms with Crippen LogP contribution >= 0.6 is 27.5 Å². The number of amides is 1. The van der Waals surface area contributed by atoms with E-state index in [0.29, 0.717) is 17.3 Å². The molecule has 0 saturated carbocycles. The van der Waals surface area contributed by atoms with E-state index in [4.69, 9.17) is 11.6 Å². The summed E-state index contributed by atoms with van der Waals surface area (Å²) >= 11 is 9.48. The number of carbonyl (C=O) groups is 1. The van der Waals surface area contributed by atoms with Crippen molar-refractivity contribution in [3.63, 3.8) is 0 Å². The summed E-state index contributed by atoms with van der Waals surface area (Å²) in [4.78, 5) is 16.6. The van der Waals surface area contributed by atoms with E-state index in [1.165, 1.54) is 0 Å². The molecule has 1 amide bonds. The number of aromatic hydroxyl groups is 1. The molecule has 0 aliphatic carbocycles. The zero-order chi connectivity index (χ0) is 17.8. The fraction of sp³-hybridized carbons (Fsp3) is 0.278. The Labute approximate surface area is 160 Å². The van der Waals surface area contributed by atoms with E-state index in [9.17, 15) is 9.90 Å². The van der Waals surface area contributed by atoms with Crippen LogP contribution < -0.4 is 10.2 Å². The van der Waals surface area contributed by atoms with Crippen LogP contribution in [0.25, 0.3) is 0 Å². The Hall–Kier alpha value is -1.76. The number of carbonyl (C=O) groups excluding carboxylic acids is 1. The summed E-state index contributed by atoms with van der Waals surface area (Å²) in [5, 5.41) is 12.7. The summed E-state index contributed by atoms with van der Waals surface area (Å²) in [6.45, 7) is 3.65. The zero-order valence-corrected chi connectivity index (χ0v) is 15.9. The van der Waals surface area contributed by atoms with Gasteiger partial charge in [-0.2, -0.15) is 0 Å². The minimum absolute atomic E-state index is 0.0673. The van der Waals surface area contributed by atoms with E-state index in [-0.39, 0.29) is 11.7 Å². The van der Waals surface area contributed by atoms with Crippen LogP contribution in [-0.4, -0.2) is 48.6 Å².